The largest absolute Gasteiger partial charge is 0.457 e. The zero-order chi connectivity index (χ0) is 12.1. The molecule has 1 heterocycles. The maximum Gasteiger partial charge on any atom is 0.323 e. The molecule has 16 heavy (non-hydrogen) atoms. The fraction of sp³-hybridized carbons (Fsp3) is 0.571. The van der Waals surface area contributed by atoms with E-state index in [4.69, 9.17) is 5.84 Å². The fourth-order valence-electron chi connectivity index (χ4n) is 0.812. The predicted molar refractivity (Wildman–Crippen MR) is 53.5 cm³/mol. The van der Waals surface area contributed by atoms with Crippen LogP contribution in [0.25, 0.3) is 0 Å². The Labute approximate surface area is 90.6 Å². The molecule has 0 radical (unpaired) electrons. The molecule has 1 rings (SSSR count). The smallest absolute Gasteiger partial charge is 0.323 e. The molecule has 0 aromatic carbocycles. The van der Waals surface area contributed by atoms with Crippen molar-refractivity contribution in [3.05, 3.63) is 0 Å². The summed E-state index contributed by atoms with van der Waals surface area (Å²) in [6, 6.07) is -0.202. The van der Waals surface area contributed by atoms with Crippen LogP contribution >= 0.6 is 0 Å². The van der Waals surface area contributed by atoms with Crippen LogP contribution in [0.3, 0.4) is 0 Å². The van der Waals surface area contributed by atoms with Gasteiger partial charge in [-0.05, 0) is 0 Å². The standard InChI is InChI=1S/C7H12F2N6O/c1-15(2)6-11-5(14-10)12-7(13-6)16-3-4(8)9/h4H,3,10H2,1-2H3,(H,11,12,13,14). The van der Waals surface area contributed by atoms with Crippen LogP contribution in [0, 0.1) is 0 Å². The van der Waals surface area contributed by atoms with E-state index in [2.05, 4.69) is 25.1 Å². The van der Waals surface area contributed by atoms with E-state index in [1.54, 1.807) is 19.0 Å². The Bertz CT molecular complexity index is 348. The lowest BCUT2D eigenvalue weighted by atomic mass is 10.7. The Morgan fingerprint density at radius 3 is 2.56 bits per heavy atom. The zero-order valence-corrected chi connectivity index (χ0v) is 8.81. The van der Waals surface area contributed by atoms with Crippen LogP contribution in [0.1, 0.15) is 0 Å². The molecule has 90 valence electrons. The van der Waals surface area contributed by atoms with Gasteiger partial charge >= 0.3 is 6.01 Å². The lowest BCUT2D eigenvalue weighted by Gasteiger charge is -2.12. The van der Waals surface area contributed by atoms with E-state index in [0.29, 0.717) is 0 Å². The Morgan fingerprint density at radius 1 is 1.38 bits per heavy atom. The lowest BCUT2D eigenvalue weighted by Crippen LogP contribution is -2.19. The van der Waals surface area contributed by atoms with Gasteiger partial charge in [0.25, 0.3) is 6.43 Å². The van der Waals surface area contributed by atoms with E-state index in [9.17, 15) is 8.78 Å². The van der Waals surface area contributed by atoms with Crippen molar-refractivity contribution >= 4 is 11.9 Å². The molecule has 0 spiro atoms. The van der Waals surface area contributed by atoms with Crippen LogP contribution < -0.4 is 20.9 Å². The lowest BCUT2D eigenvalue weighted by molar-refractivity contribution is 0.0770. The quantitative estimate of drug-likeness (QED) is 0.541. The van der Waals surface area contributed by atoms with Gasteiger partial charge in [0.15, 0.2) is 6.61 Å². The normalized spacial score (nSPS) is 10.4. The summed E-state index contributed by atoms with van der Waals surface area (Å²) in [6.45, 7) is -0.777. The van der Waals surface area contributed by atoms with Gasteiger partial charge in [-0.15, -0.1) is 0 Å². The number of rotatable bonds is 5. The third-order valence-corrected chi connectivity index (χ3v) is 1.47. The van der Waals surface area contributed by atoms with Crippen molar-refractivity contribution in [2.75, 3.05) is 31.0 Å². The number of aromatic nitrogens is 3. The third-order valence-electron chi connectivity index (χ3n) is 1.47. The summed E-state index contributed by atoms with van der Waals surface area (Å²) in [5.41, 5.74) is 2.19. The highest BCUT2D eigenvalue weighted by molar-refractivity contribution is 5.35. The van der Waals surface area contributed by atoms with Crippen molar-refractivity contribution in [3.8, 4) is 6.01 Å². The average Bonchev–Trinajstić information content (AvgIpc) is 2.25. The topological polar surface area (TPSA) is 89.2 Å². The summed E-state index contributed by atoms with van der Waals surface area (Å²) in [7, 11) is 3.37. The molecule has 0 unspecified atom stereocenters. The molecule has 0 bridgehead atoms. The molecule has 0 aliphatic heterocycles. The average molecular weight is 234 g/mol. The Kier molecular flexibility index (Phi) is 4.11. The second-order valence-electron chi connectivity index (χ2n) is 2.98. The Morgan fingerprint density at radius 2 is 2.06 bits per heavy atom. The van der Waals surface area contributed by atoms with Gasteiger partial charge in [-0.25, -0.2) is 14.6 Å². The minimum absolute atomic E-state index is 0.0444. The van der Waals surface area contributed by atoms with Gasteiger partial charge in [0.1, 0.15) is 0 Å². The molecule has 0 fully saturated rings. The molecule has 0 amide bonds. The Hall–Kier alpha value is -1.77. The first-order chi connectivity index (χ1) is 7.52. The highest BCUT2D eigenvalue weighted by atomic mass is 19.3. The number of anilines is 2. The fourth-order valence-corrected chi connectivity index (χ4v) is 0.812. The zero-order valence-electron chi connectivity index (χ0n) is 8.81. The number of alkyl halides is 2. The predicted octanol–water partition coefficient (Wildman–Crippen LogP) is -0.133. The van der Waals surface area contributed by atoms with Crippen molar-refractivity contribution in [1.29, 1.82) is 0 Å². The van der Waals surface area contributed by atoms with Crippen LogP contribution in [-0.4, -0.2) is 42.1 Å². The number of nitrogens with zero attached hydrogens (tertiary/aromatic N) is 4. The number of hydrazine groups is 1. The molecule has 1 aromatic rings. The van der Waals surface area contributed by atoms with Gasteiger partial charge in [0.2, 0.25) is 11.9 Å². The van der Waals surface area contributed by atoms with Crippen molar-refractivity contribution in [1.82, 2.24) is 15.0 Å². The van der Waals surface area contributed by atoms with Gasteiger partial charge in [0.05, 0.1) is 0 Å². The summed E-state index contributed by atoms with van der Waals surface area (Å²) in [6.07, 6.45) is -2.59. The van der Waals surface area contributed by atoms with E-state index < -0.39 is 13.0 Å². The number of hydrogen-bond donors (Lipinski definition) is 2. The van der Waals surface area contributed by atoms with Crippen molar-refractivity contribution in [2.24, 2.45) is 5.84 Å². The summed E-state index contributed by atoms with van der Waals surface area (Å²) >= 11 is 0. The molecule has 0 atom stereocenters. The van der Waals surface area contributed by atoms with E-state index in [1.165, 1.54) is 0 Å². The van der Waals surface area contributed by atoms with E-state index in [1.807, 2.05) is 0 Å². The van der Waals surface area contributed by atoms with Gasteiger partial charge in [-0.2, -0.15) is 15.0 Å². The Balaban J connectivity index is 2.86. The number of ether oxygens (including phenoxy) is 1. The number of halogens is 2. The van der Waals surface area contributed by atoms with E-state index >= 15 is 0 Å². The molecule has 0 saturated heterocycles. The summed E-state index contributed by atoms with van der Waals surface area (Å²) in [5.74, 6) is 5.42. The SMILES string of the molecule is CN(C)c1nc(NN)nc(OCC(F)F)n1. The summed E-state index contributed by atoms with van der Waals surface area (Å²) in [5, 5.41) is 0. The second-order valence-corrected chi connectivity index (χ2v) is 2.98. The van der Waals surface area contributed by atoms with Gasteiger partial charge in [-0.3, -0.25) is 5.43 Å². The number of nitrogens with two attached hydrogens (primary N) is 1. The summed E-state index contributed by atoms with van der Waals surface area (Å²) in [4.78, 5) is 12.9. The monoisotopic (exact) mass is 234 g/mol. The molecule has 3 N–H and O–H groups in total. The maximum atomic E-state index is 11.9. The van der Waals surface area contributed by atoms with Crippen LogP contribution in [0.2, 0.25) is 0 Å². The van der Waals surface area contributed by atoms with Crippen LogP contribution in [0.5, 0.6) is 6.01 Å². The molecular weight excluding hydrogens is 222 g/mol. The molecule has 0 aliphatic carbocycles. The molecule has 0 saturated carbocycles. The molecular formula is C7H12F2N6O. The second kappa shape index (κ2) is 5.35. The van der Waals surface area contributed by atoms with E-state index in [0.717, 1.165) is 0 Å². The first-order valence-corrected chi connectivity index (χ1v) is 4.34. The van der Waals surface area contributed by atoms with Crippen molar-refractivity contribution < 1.29 is 13.5 Å². The maximum absolute atomic E-state index is 11.9. The van der Waals surface area contributed by atoms with Crippen LogP contribution in [-0.2, 0) is 0 Å². The van der Waals surface area contributed by atoms with Crippen LogP contribution in [0.4, 0.5) is 20.7 Å². The van der Waals surface area contributed by atoms with E-state index in [-0.39, 0.29) is 17.9 Å². The number of nitrogens with one attached hydrogen (secondary N) is 1. The summed E-state index contributed by atoms with van der Waals surface area (Å²) < 4.78 is 28.5. The number of nitrogen functional groups attached to an aromatic ring is 1. The third kappa shape index (κ3) is 3.42. The molecule has 9 heteroatoms. The highest BCUT2D eigenvalue weighted by Gasteiger charge is 2.10. The minimum atomic E-state index is -2.59. The van der Waals surface area contributed by atoms with Crippen molar-refractivity contribution in [3.63, 3.8) is 0 Å². The molecule has 7 nitrogen and oxygen atoms in total. The van der Waals surface area contributed by atoms with Gasteiger partial charge in [-0.1, -0.05) is 0 Å². The van der Waals surface area contributed by atoms with Crippen molar-refractivity contribution in [2.45, 2.75) is 6.43 Å². The van der Waals surface area contributed by atoms with Gasteiger partial charge < -0.3 is 9.64 Å². The number of hydrogen-bond acceptors (Lipinski definition) is 7. The van der Waals surface area contributed by atoms with Gasteiger partial charge in [0, 0.05) is 14.1 Å². The first kappa shape index (κ1) is 12.3. The molecule has 0 aliphatic rings. The highest BCUT2D eigenvalue weighted by Crippen LogP contribution is 2.12. The molecule has 1 aromatic heterocycles. The first-order valence-electron chi connectivity index (χ1n) is 4.34. The minimum Gasteiger partial charge on any atom is -0.457 e. The van der Waals surface area contributed by atoms with Crippen LogP contribution in [0.15, 0.2) is 0 Å².